The number of piperazine rings is 1. The molecule has 21 heavy (non-hydrogen) atoms. The molecule has 3 heteroatoms. The lowest BCUT2D eigenvalue weighted by Gasteiger charge is -2.50. The summed E-state index contributed by atoms with van der Waals surface area (Å²) in [5.41, 5.74) is 1.64. The minimum Gasteiger partial charge on any atom is -0.311 e. The summed E-state index contributed by atoms with van der Waals surface area (Å²) < 4.78 is 0. The van der Waals surface area contributed by atoms with Gasteiger partial charge in [0.15, 0.2) is 0 Å². The third-order valence-corrected chi connectivity index (χ3v) is 5.44. The maximum absolute atomic E-state index is 6.01. The molecule has 2 nitrogen and oxygen atoms in total. The molecule has 1 fully saturated rings. The number of rotatable bonds is 5. The fourth-order valence-electron chi connectivity index (χ4n) is 3.36. The van der Waals surface area contributed by atoms with Crippen molar-refractivity contribution >= 4 is 11.6 Å². The monoisotopic (exact) mass is 308 g/mol. The highest BCUT2D eigenvalue weighted by Gasteiger charge is 2.39. The Kier molecular flexibility index (Phi) is 5.70. The van der Waals surface area contributed by atoms with Crippen molar-refractivity contribution in [3.63, 3.8) is 0 Å². The summed E-state index contributed by atoms with van der Waals surface area (Å²) in [5, 5.41) is 4.59. The van der Waals surface area contributed by atoms with Gasteiger partial charge >= 0.3 is 0 Å². The van der Waals surface area contributed by atoms with E-state index in [1.165, 1.54) is 18.4 Å². The van der Waals surface area contributed by atoms with Crippen LogP contribution in [0.15, 0.2) is 24.3 Å². The van der Waals surface area contributed by atoms with Crippen molar-refractivity contribution in [2.75, 3.05) is 13.1 Å². The van der Waals surface area contributed by atoms with Gasteiger partial charge in [0.05, 0.1) is 0 Å². The maximum atomic E-state index is 6.01. The van der Waals surface area contributed by atoms with E-state index in [0.29, 0.717) is 12.0 Å². The molecule has 0 radical (unpaired) electrons. The summed E-state index contributed by atoms with van der Waals surface area (Å²) in [5.74, 6) is 0.671. The van der Waals surface area contributed by atoms with E-state index in [2.05, 4.69) is 50.0 Å². The molecular weight excluding hydrogens is 280 g/mol. The number of nitrogens with one attached hydrogen (secondary N) is 1. The number of nitrogens with zero attached hydrogens (tertiary/aromatic N) is 1. The Morgan fingerprint density at radius 2 is 1.86 bits per heavy atom. The van der Waals surface area contributed by atoms with Crippen molar-refractivity contribution in [3.05, 3.63) is 34.9 Å². The molecule has 0 saturated carbocycles. The molecule has 1 N–H and O–H groups in total. The Morgan fingerprint density at radius 1 is 1.24 bits per heavy atom. The lowest BCUT2D eigenvalue weighted by molar-refractivity contribution is 0.0156. The predicted molar refractivity (Wildman–Crippen MR) is 91.8 cm³/mol. The standard InChI is InChI=1S/C18H29ClN2/c1-5-18(6-2)13-20-17(14(3)4)12-21(18)11-15-7-9-16(19)10-8-15/h7-10,14,17,20H,5-6,11-13H2,1-4H3. The molecule has 0 amide bonds. The molecule has 1 aliphatic heterocycles. The third kappa shape index (κ3) is 3.80. The van der Waals surface area contributed by atoms with Crippen molar-refractivity contribution in [1.82, 2.24) is 10.2 Å². The molecule has 118 valence electrons. The SMILES string of the molecule is CCC1(CC)CNC(C(C)C)CN1Cc1ccc(Cl)cc1. The van der Waals surface area contributed by atoms with Gasteiger partial charge in [0, 0.05) is 36.2 Å². The van der Waals surface area contributed by atoms with E-state index >= 15 is 0 Å². The highest BCUT2D eigenvalue weighted by Crippen LogP contribution is 2.30. The molecule has 1 saturated heterocycles. The molecular formula is C18H29ClN2. The van der Waals surface area contributed by atoms with Crippen LogP contribution in [0.5, 0.6) is 0 Å². The summed E-state index contributed by atoms with van der Waals surface area (Å²) in [6.07, 6.45) is 2.38. The van der Waals surface area contributed by atoms with Crippen LogP contribution < -0.4 is 5.32 Å². The highest BCUT2D eigenvalue weighted by atomic mass is 35.5. The minimum atomic E-state index is 0.283. The van der Waals surface area contributed by atoms with Crippen LogP contribution in [0.1, 0.15) is 46.1 Å². The van der Waals surface area contributed by atoms with Gasteiger partial charge in [-0.25, -0.2) is 0 Å². The summed E-state index contributed by atoms with van der Waals surface area (Å²) in [7, 11) is 0. The van der Waals surface area contributed by atoms with E-state index in [1.54, 1.807) is 0 Å². The predicted octanol–water partition coefficient (Wildman–Crippen LogP) is 4.33. The van der Waals surface area contributed by atoms with Gasteiger partial charge in [-0.1, -0.05) is 51.4 Å². The second kappa shape index (κ2) is 7.13. The largest absolute Gasteiger partial charge is 0.311 e. The second-order valence-electron chi connectivity index (χ2n) is 6.67. The van der Waals surface area contributed by atoms with Crippen LogP contribution in [0.2, 0.25) is 5.02 Å². The Balaban J connectivity index is 2.18. The van der Waals surface area contributed by atoms with Gasteiger partial charge in [0.1, 0.15) is 0 Å². The van der Waals surface area contributed by atoms with Crippen LogP contribution in [0.4, 0.5) is 0 Å². The summed E-state index contributed by atoms with van der Waals surface area (Å²) in [6, 6.07) is 8.90. The van der Waals surface area contributed by atoms with E-state index in [4.69, 9.17) is 11.6 Å². The quantitative estimate of drug-likeness (QED) is 0.871. The molecule has 0 spiro atoms. The van der Waals surface area contributed by atoms with Crippen molar-refractivity contribution in [2.45, 2.75) is 58.7 Å². The number of benzene rings is 1. The molecule has 1 heterocycles. The average molecular weight is 309 g/mol. The molecule has 1 aliphatic rings. The minimum absolute atomic E-state index is 0.283. The number of hydrogen-bond donors (Lipinski definition) is 1. The lowest BCUT2D eigenvalue weighted by atomic mass is 9.85. The van der Waals surface area contributed by atoms with Crippen molar-refractivity contribution in [2.24, 2.45) is 5.92 Å². The van der Waals surface area contributed by atoms with Crippen LogP contribution in [-0.2, 0) is 6.54 Å². The van der Waals surface area contributed by atoms with Crippen molar-refractivity contribution < 1.29 is 0 Å². The first-order valence-electron chi connectivity index (χ1n) is 8.23. The van der Waals surface area contributed by atoms with Gasteiger partial charge in [-0.05, 0) is 36.5 Å². The topological polar surface area (TPSA) is 15.3 Å². The Labute approximate surface area is 134 Å². The van der Waals surface area contributed by atoms with E-state index in [9.17, 15) is 0 Å². The smallest absolute Gasteiger partial charge is 0.0406 e. The molecule has 1 aromatic rings. The van der Waals surface area contributed by atoms with Crippen molar-refractivity contribution in [3.8, 4) is 0 Å². The molecule has 1 unspecified atom stereocenters. The van der Waals surface area contributed by atoms with Gasteiger partial charge in [0.2, 0.25) is 0 Å². The van der Waals surface area contributed by atoms with Gasteiger partial charge in [-0.3, -0.25) is 4.90 Å². The normalized spacial score (nSPS) is 22.7. The van der Waals surface area contributed by atoms with Crippen LogP contribution >= 0.6 is 11.6 Å². The first-order chi connectivity index (χ1) is 10.0. The zero-order chi connectivity index (χ0) is 15.5. The Morgan fingerprint density at radius 3 is 2.38 bits per heavy atom. The Hall–Kier alpha value is -0.570. The summed E-state index contributed by atoms with van der Waals surface area (Å²) >= 11 is 6.01. The lowest BCUT2D eigenvalue weighted by Crippen LogP contribution is -2.64. The third-order valence-electron chi connectivity index (χ3n) is 5.19. The zero-order valence-electron chi connectivity index (χ0n) is 13.8. The van der Waals surface area contributed by atoms with E-state index in [0.717, 1.165) is 24.7 Å². The van der Waals surface area contributed by atoms with Crippen LogP contribution in [-0.4, -0.2) is 29.6 Å². The number of hydrogen-bond acceptors (Lipinski definition) is 2. The van der Waals surface area contributed by atoms with Gasteiger partial charge in [-0.15, -0.1) is 0 Å². The van der Waals surface area contributed by atoms with Gasteiger partial charge in [0.25, 0.3) is 0 Å². The van der Waals surface area contributed by atoms with Gasteiger partial charge in [-0.2, -0.15) is 0 Å². The van der Waals surface area contributed by atoms with E-state index in [-0.39, 0.29) is 5.54 Å². The van der Waals surface area contributed by atoms with Crippen LogP contribution in [0.25, 0.3) is 0 Å². The zero-order valence-corrected chi connectivity index (χ0v) is 14.6. The average Bonchev–Trinajstić information content (AvgIpc) is 2.49. The number of halogens is 1. The first kappa shape index (κ1) is 16.8. The molecule has 1 atom stereocenters. The highest BCUT2D eigenvalue weighted by molar-refractivity contribution is 6.30. The first-order valence-corrected chi connectivity index (χ1v) is 8.61. The van der Waals surface area contributed by atoms with Crippen molar-refractivity contribution in [1.29, 1.82) is 0 Å². The molecule has 0 aromatic heterocycles. The van der Waals surface area contributed by atoms with E-state index < -0.39 is 0 Å². The summed E-state index contributed by atoms with van der Waals surface area (Å²) in [6.45, 7) is 12.5. The molecule has 0 aliphatic carbocycles. The van der Waals surface area contributed by atoms with Crippen LogP contribution in [0, 0.1) is 5.92 Å². The Bertz CT molecular complexity index is 437. The maximum Gasteiger partial charge on any atom is 0.0406 e. The molecule has 2 rings (SSSR count). The van der Waals surface area contributed by atoms with E-state index in [1.807, 2.05) is 12.1 Å². The second-order valence-corrected chi connectivity index (χ2v) is 7.11. The van der Waals surface area contributed by atoms with Gasteiger partial charge < -0.3 is 5.32 Å². The molecule has 1 aromatic carbocycles. The van der Waals surface area contributed by atoms with Crippen LogP contribution in [0.3, 0.4) is 0 Å². The fourth-order valence-corrected chi connectivity index (χ4v) is 3.49. The molecule has 0 bridgehead atoms. The fraction of sp³-hybridized carbons (Fsp3) is 0.667. The summed E-state index contributed by atoms with van der Waals surface area (Å²) in [4.78, 5) is 2.69.